The van der Waals surface area contributed by atoms with Crippen LogP contribution in [0.2, 0.25) is 0 Å². The molecule has 224 valence electrons. The summed E-state index contributed by atoms with van der Waals surface area (Å²) in [6.07, 6.45) is -0.682. The quantitative estimate of drug-likeness (QED) is 0.384. The van der Waals surface area contributed by atoms with E-state index in [4.69, 9.17) is 4.74 Å². The van der Waals surface area contributed by atoms with Gasteiger partial charge in [-0.15, -0.1) is 11.3 Å². The summed E-state index contributed by atoms with van der Waals surface area (Å²) >= 11 is 1.58. The average Bonchev–Trinajstić information content (AvgIpc) is 3.69. The third kappa shape index (κ3) is 6.49. The molecule has 1 aromatic heterocycles. The Hall–Kier alpha value is -4.04. The number of nitrogens with zero attached hydrogens (tertiary/aromatic N) is 3. The van der Waals surface area contributed by atoms with E-state index in [-0.39, 0.29) is 43.1 Å². The number of likely N-dealkylation sites (tertiary alicyclic amines) is 1. The molecule has 10 heteroatoms. The first-order chi connectivity index (χ1) is 20.7. The summed E-state index contributed by atoms with van der Waals surface area (Å²) < 4.78 is 4.99. The van der Waals surface area contributed by atoms with Crippen LogP contribution in [0.25, 0.3) is 10.4 Å². The molecule has 9 nitrogen and oxygen atoms in total. The number of aliphatic hydroxyl groups excluding tert-OH is 1. The number of carbonyl (C=O) groups is 3. The molecule has 43 heavy (non-hydrogen) atoms. The maximum Gasteiger partial charge on any atom is 0.255 e. The zero-order chi connectivity index (χ0) is 30.7. The van der Waals surface area contributed by atoms with Crippen molar-refractivity contribution >= 4 is 29.1 Å². The minimum Gasteiger partial charge on any atom is -0.391 e. The Morgan fingerprint density at radius 1 is 1.21 bits per heavy atom. The molecule has 2 aliphatic rings. The van der Waals surface area contributed by atoms with E-state index in [1.807, 2.05) is 56.6 Å². The number of hydrogen-bond acceptors (Lipinski definition) is 7. The molecular weight excluding hydrogens is 564 g/mol. The molecular formula is C33H36N4O5S. The predicted octanol–water partition coefficient (Wildman–Crippen LogP) is 3.38. The van der Waals surface area contributed by atoms with E-state index in [9.17, 15) is 19.5 Å². The number of thiazole rings is 1. The Kier molecular flexibility index (Phi) is 9.25. The van der Waals surface area contributed by atoms with E-state index in [1.165, 1.54) is 4.90 Å². The smallest absolute Gasteiger partial charge is 0.255 e. The van der Waals surface area contributed by atoms with Crippen LogP contribution in [-0.4, -0.2) is 76.1 Å². The number of β-amino-alcohol motifs (C(OH)–C–C–N with tert-alkyl or cyclic N) is 1. The summed E-state index contributed by atoms with van der Waals surface area (Å²) in [7, 11) is 1.58. The first kappa shape index (κ1) is 30.4. The van der Waals surface area contributed by atoms with Crippen LogP contribution in [0, 0.1) is 24.7 Å². The molecule has 0 aliphatic carbocycles. The number of carbonyl (C=O) groups excluding carboxylic acids is 3. The van der Waals surface area contributed by atoms with Gasteiger partial charge in [-0.1, -0.05) is 50.0 Å². The number of hydrogen-bond donors (Lipinski definition) is 2. The van der Waals surface area contributed by atoms with E-state index in [0.29, 0.717) is 18.7 Å². The minimum absolute atomic E-state index is 0.0389. The molecule has 3 aromatic rings. The Morgan fingerprint density at radius 3 is 2.65 bits per heavy atom. The van der Waals surface area contributed by atoms with Crippen LogP contribution in [0.4, 0.5) is 0 Å². The molecule has 1 saturated heterocycles. The number of aromatic nitrogens is 1. The van der Waals surface area contributed by atoms with Crippen molar-refractivity contribution in [2.24, 2.45) is 5.92 Å². The van der Waals surface area contributed by atoms with Gasteiger partial charge in [0.2, 0.25) is 11.8 Å². The van der Waals surface area contributed by atoms with Crippen molar-refractivity contribution in [2.75, 3.05) is 20.3 Å². The normalized spacial score (nSPS) is 18.4. The average molecular weight is 601 g/mol. The summed E-state index contributed by atoms with van der Waals surface area (Å²) in [5.41, 5.74) is 6.91. The highest BCUT2D eigenvalue weighted by atomic mass is 32.1. The predicted molar refractivity (Wildman–Crippen MR) is 164 cm³/mol. The van der Waals surface area contributed by atoms with Crippen LogP contribution in [-0.2, 0) is 27.4 Å². The third-order valence-corrected chi connectivity index (χ3v) is 8.88. The molecule has 1 fully saturated rings. The van der Waals surface area contributed by atoms with Crippen LogP contribution < -0.4 is 5.32 Å². The van der Waals surface area contributed by atoms with Crippen molar-refractivity contribution in [3.8, 4) is 22.3 Å². The van der Waals surface area contributed by atoms with E-state index in [1.54, 1.807) is 35.5 Å². The van der Waals surface area contributed by atoms with Crippen molar-refractivity contribution in [1.82, 2.24) is 20.1 Å². The number of ether oxygens (including phenoxy) is 1. The summed E-state index contributed by atoms with van der Waals surface area (Å²) in [6, 6.07) is 11.7. The fourth-order valence-electron chi connectivity index (χ4n) is 5.77. The molecule has 2 aromatic carbocycles. The summed E-state index contributed by atoms with van der Waals surface area (Å²) in [5, 5.41) is 13.5. The van der Waals surface area contributed by atoms with E-state index in [2.05, 4.69) is 22.1 Å². The van der Waals surface area contributed by atoms with Gasteiger partial charge in [-0.3, -0.25) is 14.4 Å². The summed E-state index contributed by atoms with van der Waals surface area (Å²) in [6.45, 7) is 6.66. The van der Waals surface area contributed by atoms with Gasteiger partial charge in [0.15, 0.2) is 0 Å². The number of fused-ring (bicyclic) bond motifs is 1. The topological polar surface area (TPSA) is 112 Å². The molecule has 0 bridgehead atoms. The van der Waals surface area contributed by atoms with E-state index < -0.39 is 18.2 Å². The fourth-order valence-corrected chi connectivity index (χ4v) is 6.58. The van der Waals surface area contributed by atoms with Crippen molar-refractivity contribution in [1.29, 1.82) is 0 Å². The largest absolute Gasteiger partial charge is 0.391 e. The maximum absolute atomic E-state index is 14.0. The lowest BCUT2D eigenvalue weighted by atomic mass is 10.0. The molecule has 1 unspecified atom stereocenters. The Bertz CT molecular complexity index is 1570. The van der Waals surface area contributed by atoms with Crippen molar-refractivity contribution in [3.63, 3.8) is 0 Å². The van der Waals surface area contributed by atoms with Gasteiger partial charge in [0.25, 0.3) is 5.91 Å². The highest BCUT2D eigenvalue weighted by Gasteiger charge is 2.45. The lowest BCUT2D eigenvalue weighted by Gasteiger charge is -2.35. The lowest BCUT2D eigenvalue weighted by molar-refractivity contribution is -0.143. The number of methoxy groups -OCH3 is 1. The van der Waals surface area contributed by atoms with Crippen LogP contribution in [0.15, 0.2) is 48.0 Å². The highest BCUT2D eigenvalue weighted by molar-refractivity contribution is 7.13. The molecule has 3 heterocycles. The Labute approximate surface area is 255 Å². The Balaban J connectivity index is 1.27. The summed E-state index contributed by atoms with van der Waals surface area (Å²) in [5.74, 6) is 4.84. The molecule has 0 radical (unpaired) electrons. The van der Waals surface area contributed by atoms with Gasteiger partial charge >= 0.3 is 0 Å². The zero-order valence-electron chi connectivity index (χ0n) is 24.8. The SMILES string of the molecule is COCC#Cc1ccc2c(c1)CN(C(C(=O)N1C[C@H](O)C[C@H]1C(=O)NCc1ccc(-c3scnc3C)cc1)C(C)C)C2=O. The molecule has 3 atom stereocenters. The zero-order valence-corrected chi connectivity index (χ0v) is 25.6. The van der Waals surface area contributed by atoms with Crippen LogP contribution in [0.5, 0.6) is 0 Å². The molecule has 3 amide bonds. The van der Waals surface area contributed by atoms with Gasteiger partial charge < -0.3 is 25.0 Å². The maximum atomic E-state index is 14.0. The van der Waals surface area contributed by atoms with Gasteiger partial charge in [-0.05, 0) is 47.7 Å². The van der Waals surface area contributed by atoms with Gasteiger partial charge in [-0.25, -0.2) is 4.98 Å². The number of aryl methyl sites for hydroxylation is 1. The second-order valence-corrected chi connectivity index (χ2v) is 12.2. The molecule has 2 N–H and O–H groups in total. The van der Waals surface area contributed by atoms with Gasteiger partial charge in [0.1, 0.15) is 18.7 Å². The standard InChI is InChI=1S/C33H36N4O5S/c1-20(2)29(37-17-25-14-22(6-5-13-42-4)9-12-27(25)32(37)40)33(41)36-18-26(38)15-28(36)31(39)34-16-23-7-10-24(11-8-23)30-21(3)35-19-43-30/h7-12,14,19-20,26,28-29,38H,13,15-18H2,1-4H3,(H,34,39)/t26-,28+,29?/m1/s1. The second-order valence-electron chi connectivity index (χ2n) is 11.3. The van der Waals surface area contributed by atoms with Crippen molar-refractivity contribution in [3.05, 3.63) is 75.9 Å². The van der Waals surface area contributed by atoms with Crippen molar-refractivity contribution < 1.29 is 24.2 Å². The number of amides is 3. The number of nitrogens with one attached hydrogen (secondary N) is 1. The molecule has 5 rings (SSSR count). The van der Waals surface area contributed by atoms with Crippen molar-refractivity contribution in [2.45, 2.75) is 58.5 Å². The van der Waals surface area contributed by atoms with E-state index in [0.717, 1.165) is 32.8 Å². The van der Waals surface area contributed by atoms with Gasteiger partial charge in [0.05, 0.1) is 22.2 Å². The Morgan fingerprint density at radius 2 is 1.98 bits per heavy atom. The van der Waals surface area contributed by atoms with Crippen LogP contribution in [0.3, 0.4) is 0 Å². The van der Waals surface area contributed by atoms with Crippen LogP contribution >= 0.6 is 11.3 Å². The highest BCUT2D eigenvalue weighted by Crippen LogP contribution is 2.31. The third-order valence-electron chi connectivity index (χ3n) is 7.90. The first-order valence-corrected chi connectivity index (χ1v) is 15.2. The lowest BCUT2D eigenvalue weighted by Crippen LogP contribution is -2.55. The molecule has 0 spiro atoms. The molecule has 0 saturated carbocycles. The minimum atomic E-state index is -0.828. The van der Waals surface area contributed by atoms with Gasteiger partial charge in [0, 0.05) is 44.3 Å². The molecule has 2 aliphatic heterocycles. The fraction of sp³-hybridized carbons (Fsp3) is 0.394. The van der Waals surface area contributed by atoms with Crippen LogP contribution in [0.1, 0.15) is 53.0 Å². The second kappa shape index (κ2) is 13.1. The number of rotatable bonds is 8. The summed E-state index contributed by atoms with van der Waals surface area (Å²) in [4.78, 5) is 49.3. The van der Waals surface area contributed by atoms with E-state index >= 15 is 0 Å². The number of aliphatic hydroxyl groups is 1. The monoisotopic (exact) mass is 600 g/mol. The van der Waals surface area contributed by atoms with Gasteiger partial charge in [-0.2, -0.15) is 0 Å². The number of benzene rings is 2. The first-order valence-electron chi connectivity index (χ1n) is 14.3.